The average Bonchev–Trinajstić information content (AvgIpc) is 2.69. The molecule has 1 N–H and O–H groups in total. The van der Waals surface area contributed by atoms with Crippen LogP contribution in [0, 0.1) is 12.8 Å². The quantitative estimate of drug-likeness (QED) is 0.841. The highest BCUT2D eigenvalue weighted by Gasteiger charge is 2.25. The Balaban J connectivity index is 1.54. The first kappa shape index (κ1) is 19.2. The molecule has 0 atom stereocenters. The van der Waals surface area contributed by atoms with Crippen molar-refractivity contribution >= 4 is 11.6 Å². The summed E-state index contributed by atoms with van der Waals surface area (Å²) in [5, 5.41) is 3.05. The lowest BCUT2D eigenvalue weighted by atomic mass is 9.95. The van der Waals surface area contributed by atoms with Crippen molar-refractivity contribution in [3.05, 3.63) is 53.6 Å². The summed E-state index contributed by atoms with van der Waals surface area (Å²) in [5.41, 5.74) is 3.09. The second kappa shape index (κ2) is 8.91. The first-order chi connectivity index (χ1) is 13.1. The van der Waals surface area contributed by atoms with Gasteiger partial charge in [0.25, 0.3) is 0 Å². The molecule has 1 saturated heterocycles. The second-order valence-corrected chi connectivity index (χ2v) is 7.09. The molecule has 5 heteroatoms. The van der Waals surface area contributed by atoms with E-state index in [-0.39, 0.29) is 11.8 Å². The molecule has 3 rings (SSSR count). The monoisotopic (exact) mass is 368 g/mol. The van der Waals surface area contributed by atoms with Crippen LogP contribution in [0.2, 0.25) is 0 Å². The number of aryl methyl sites for hydroxylation is 1. The summed E-state index contributed by atoms with van der Waals surface area (Å²) < 4.78 is 10.7. The predicted octanol–water partition coefficient (Wildman–Crippen LogP) is 3.86. The molecule has 0 spiro atoms. The van der Waals surface area contributed by atoms with Crippen molar-refractivity contribution in [3.63, 3.8) is 0 Å². The van der Waals surface area contributed by atoms with Gasteiger partial charge in [0.15, 0.2) is 0 Å². The maximum Gasteiger partial charge on any atom is 0.227 e. The van der Waals surface area contributed by atoms with Crippen molar-refractivity contribution in [1.82, 2.24) is 4.90 Å². The summed E-state index contributed by atoms with van der Waals surface area (Å²) in [6.07, 6.45) is 1.73. The van der Waals surface area contributed by atoms with Crippen LogP contribution in [0.15, 0.2) is 42.5 Å². The maximum absolute atomic E-state index is 12.7. The number of anilines is 1. The molecule has 0 aromatic heterocycles. The molecule has 27 heavy (non-hydrogen) atoms. The van der Waals surface area contributed by atoms with E-state index in [4.69, 9.17) is 9.47 Å². The molecule has 1 heterocycles. The Hall–Kier alpha value is -2.53. The van der Waals surface area contributed by atoms with Crippen molar-refractivity contribution in [1.29, 1.82) is 0 Å². The maximum atomic E-state index is 12.7. The number of hydrogen-bond donors (Lipinski definition) is 1. The molecule has 2 aromatic carbocycles. The van der Waals surface area contributed by atoms with Gasteiger partial charge in [0.05, 0.1) is 19.9 Å². The average molecular weight is 368 g/mol. The van der Waals surface area contributed by atoms with Crippen molar-refractivity contribution < 1.29 is 14.3 Å². The Morgan fingerprint density at radius 1 is 1.11 bits per heavy atom. The molecular weight excluding hydrogens is 340 g/mol. The molecule has 5 nitrogen and oxygen atoms in total. The Morgan fingerprint density at radius 3 is 2.59 bits per heavy atom. The van der Waals surface area contributed by atoms with E-state index < -0.39 is 0 Å². The fourth-order valence-corrected chi connectivity index (χ4v) is 3.54. The van der Waals surface area contributed by atoms with E-state index in [0.29, 0.717) is 5.75 Å². The standard InChI is InChI=1S/C22H28N2O3/c1-16-7-8-21(27-3)20(13-16)23-22(25)18-9-11-24(12-10-18)15-17-5-4-6-19(14-17)26-2/h4-8,13-14,18H,9-12,15H2,1-3H3,(H,23,25). The number of rotatable bonds is 6. The molecular formula is C22H28N2O3. The van der Waals surface area contributed by atoms with Gasteiger partial charge in [-0.25, -0.2) is 0 Å². The van der Waals surface area contributed by atoms with Gasteiger partial charge in [0.2, 0.25) is 5.91 Å². The van der Waals surface area contributed by atoms with Crippen LogP contribution >= 0.6 is 0 Å². The van der Waals surface area contributed by atoms with Crippen LogP contribution < -0.4 is 14.8 Å². The highest BCUT2D eigenvalue weighted by molar-refractivity contribution is 5.94. The largest absolute Gasteiger partial charge is 0.497 e. The summed E-state index contributed by atoms with van der Waals surface area (Å²) in [4.78, 5) is 15.1. The van der Waals surface area contributed by atoms with Crippen LogP contribution in [0.1, 0.15) is 24.0 Å². The van der Waals surface area contributed by atoms with E-state index in [1.165, 1.54) is 5.56 Å². The summed E-state index contributed by atoms with van der Waals surface area (Å²) in [6.45, 7) is 4.73. The number of piperidine rings is 1. The van der Waals surface area contributed by atoms with Crippen molar-refractivity contribution in [2.45, 2.75) is 26.3 Å². The van der Waals surface area contributed by atoms with Crippen LogP contribution in [0.4, 0.5) is 5.69 Å². The van der Waals surface area contributed by atoms with Gasteiger partial charge in [0, 0.05) is 12.5 Å². The minimum absolute atomic E-state index is 0.0387. The normalized spacial score (nSPS) is 15.4. The first-order valence-corrected chi connectivity index (χ1v) is 9.40. The van der Waals surface area contributed by atoms with Crippen molar-refractivity contribution in [2.24, 2.45) is 5.92 Å². The van der Waals surface area contributed by atoms with Crippen LogP contribution in [0.25, 0.3) is 0 Å². The number of nitrogens with one attached hydrogen (secondary N) is 1. The Labute approximate surface area is 161 Å². The van der Waals surface area contributed by atoms with E-state index >= 15 is 0 Å². The summed E-state index contributed by atoms with van der Waals surface area (Å²) in [6, 6.07) is 14.0. The topological polar surface area (TPSA) is 50.8 Å². The second-order valence-electron chi connectivity index (χ2n) is 7.09. The van der Waals surface area contributed by atoms with Gasteiger partial charge < -0.3 is 14.8 Å². The first-order valence-electron chi connectivity index (χ1n) is 9.40. The molecule has 0 unspecified atom stereocenters. The van der Waals surface area contributed by atoms with E-state index in [1.54, 1.807) is 14.2 Å². The van der Waals surface area contributed by atoms with E-state index in [9.17, 15) is 4.79 Å². The fourth-order valence-electron chi connectivity index (χ4n) is 3.54. The van der Waals surface area contributed by atoms with Gasteiger partial charge in [-0.15, -0.1) is 0 Å². The number of ether oxygens (including phenoxy) is 2. The fraction of sp³-hybridized carbons (Fsp3) is 0.409. The summed E-state index contributed by atoms with van der Waals surface area (Å²) in [5.74, 6) is 1.70. The van der Waals surface area contributed by atoms with Crippen LogP contribution in [0.3, 0.4) is 0 Å². The summed E-state index contributed by atoms with van der Waals surface area (Å²) in [7, 11) is 3.31. The minimum Gasteiger partial charge on any atom is -0.497 e. The van der Waals surface area contributed by atoms with Gasteiger partial charge in [-0.3, -0.25) is 9.69 Å². The van der Waals surface area contributed by atoms with Crippen LogP contribution in [0.5, 0.6) is 11.5 Å². The number of amides is 1. The molecule has 0 radical (unpaired) electrons. The number of carbonyl (C=O) groups excluding carboxylic acids is 1. The zero-order valence-electron chi connectivity index (χ0n) is 16.3. The van der Waals surface area contributed by atoms with Crippen molar-refractivity contribution in [3.8, 4) is 11.5 Å². The third-order valence-electron chi connectivity index (χ3n) is 5.11. The predicted molar refractivity (Wildman–Crippen MR) is 107 cm³/mol. The number of likely N-dealkylation sites (tertiary alicyclic amines) is 1. The van der Waals surface area contributed by atoms with E-state index in [1.807, 2.05) is 37.3 Å². The highest BCUT2D eigenvalue weighted by Crippen LogP contribution is 2.27. The van der Waals surface area contributed by atoms with Crippen LogP contribution in [-0.2, 0) is 11.3 Å². The number of benzene rings is 2. The zero-order chi connectivity index (χ0) is 19.2. The minimum atomic E-state index is 0.0387. The lowest BCUT2D eigenvalue weighted by molar-refractivity contribution is -0.121. The highest BCUT2D eigenvalue weighted by atomic mass is 16.5. The number of carbonyl (C=O) groups is 1. The zero-order valence-corrected chi connectivity index (χ0v) is 16.3. The number of nitrogens with zero attached hydrogens (tertiary/aromatic N) is 1. The summed E-state index contributed by atoms with van der Waals surface area (Å²) >= 11 is 0. The third-order valence-corrected chi connectivity index (χ3v) is 5.11. The number of methoxy groups -OCH3 is 2. The molecule has 1 aliphatic heterocycles. The van der Waals surface area contributed by atoms with Gasteiger partial charge in [0.1, 0.15) is 11.5 Å². The molecule has 0 aliphatic carbocycles. The van der Waals surface area contributed by atoms with Gasteiger partial charge in [-0.05, 0) is 68.2 Å². The third kappa shape index (κ3) is 5.01. The van der Waals surface area contributed by atoms with E-state index in [2.05, 4.69) is 22.3 Å². The lowest BCUT2D eigenvalue weighted by Gasteiger charge is -2.31. The SMILES string of the molecule is COc1cccc(CN2CCC(C(=O)Nc3cc(C)ccc3OC)CC2)c1. The van der Waals surface area contributed by atoms with Gasteiger partial charge in [-0.1, -0.05) is 18.2 Å². The molecule has 0 bridgehead atoms. The molecule has 1 amide bonds. The molecule has 0 saturated carbocycles. The Bertz CT molecular complexity index is 783. The van der Waals surface area contributed by atoms with E-state index in [0.717, 1.165) is 49.5 Å². The number of hydrogen-bond acceptors (Lipinski definition) is 4. The molecule has 144 valence electrons. The Morgan fingerprint density at radius 2 is 1.89 bits per heavy atom. The molecule has 1 aliphatic rings. The Kier molecular flexibility index (Phi) is 6.35. The van der Waals surface area contributed by atoms with Crippen molar-refractivity contribution in [2.75, 3.05) is 32.6 Å². The van der Waals surface area contributed by atoms with Crippen LogP contribution in [-0.4, -0.2) is 38.1 Å². The lowest BCUT2D eigenvalue weighted by Crippen LogP contribution is -2.37. The smallest absolute Gasteiger partial charge is 0.227 e. The molecule has 1 fully saturated rings. The van der Waals surface area contributed by atoms with Gasteiger partial charge in [-0.2, -0.15) is 0 Å². The molecule has 2 aromatic rings. The van der Waals surface area contributed by atoms with Gasteiger partial charge >= 0.3 is 0 Å².